The van der Waals surface area contributed by atoms with Gasteiger partial charge in [-0.15, -0.1) is 11.3 Å². The van der Waals surface area contributed by atoms with Gasteiger partial charge in [0.2, 0.25) is 15.9 Å². The molecule has 200 valence electrons. The third-order valence-corrected chi connectivity index (χ3v) is 8.52. The molecule has 0 spiro atoms. The van der Waals surface area contributed by atoms with E-state index in [-0.39, 0.29) is 18.0 Å². The highest BCUT2D eigenvalue weighted by Gasteiger charge is 2.17. The van der Waals surface area contributed by atoms with Crippen LogP contribution in [0.5, 0.6) is 11.6 Å². The molecular weight excluding hydrogens is 539 g/mol. The molecule has 0 aliphatic rings. The quantitative estimate of drug-likeness (QED) is 0.227. The summed E-state index contributed by atoms with van der Waals surface area (Å²) < 4.78 is 52.4. The zero-order chi connectivity index (χ0) is 27.7. The standard InChI is InChI=1S/C28H25FN4O4S2/c1-16(2)18-12-22(27-23(13-18)32-25(36-4)15-30-27)28-33-26-17(3)11-20(14-24(26)38-28)37-10-9-31-39(34,35)21-7-5-19(29)6-8-21/h5-8,11-15,31H,1,9-10H2,2-4H3. The van der Waals surface area contributed by atoms with E-state index < -0.39 is 15.8 Å². The Morgan fingerprint density at radius 1 is 1.10 bits per heavy atom. The van der Waals surface area contributed by atoms with E-state index in [1.165, 1.54) is 23.5 Å². The Kier molecular flexibility index (Phi) is 7.30. The number of aryl methyl sites for hydroxylation is 1. The number of nitrogens with zero attached hydrogens (tertiary/aromatic N) is 3. The minimum absolute atomic E-state index is 0.00951. The highest BCUT2D eigenvalue weighted by Crippen LogP contribution is 2.38. The van der Waals surface area contributed by atoms with E-state index in [4.69, 9.17) is 14.5 Å². The molecule has 2 heterocycles. The number of hydrogen-bond acceptors (Lipinski definition) is 8. The van der Waals surface area contributed by atoms with Gasteiger partial charge in [0.25, 0.3) is 0 Å². The number of rotatable bonds is 9. The predicted octanol–water partition coefficient (Wildman–Crippen LogP) is 5.75. The van der Waals surface area contributed by atoms with Crippen LogP contribution in [0.4, 0.5) is 4.39 Å². The first kappa shape index (κ1) is 26.7. The lowest BCUT2D eigenvalue weighted by Gasteiger charge is -2.09. The van der Waals surface area contributed by atoms with Gasteiger partial charge < -0.3 is 9.47 Å². The second-order valence-corrected chi connectivity index (χ2v) is 11.7. The van der Waals surface area contributed by atoms with Gasteiger partial charge in [0.15, 0.2) is 0 Å². The van der Waals surface area contributed by atoms with E-state index in [1.807, 2.05) is 38.1 Å². The molecule has 5 rings (SSSR count). The molecule has 8 nitrogen and oxygen atoms in total. The second kappa shape index (κ2) is 10.7. The topological polar surface area (TPSA) is 103 Å². The van der Waals surface area contributed by atoms with Crippen molar-refractivity contribution in [1.82, 2.24) is 19.7 Å². The summed E-state index contributed by atoms with van der Waals surface area (Å²) in [6.45, 7) is 8.12. The maximum absolute atomic E-state index is 13.1. The second-order valence-electron chi connectivity index (χ2n) is 8.89. The summed E-state index contributed by atoms with van der Waals surface area (Å²) in [7, 11) is -2.21. The van der Waals surface area contributed by atoms with Crippen molar-refractivity contribution in [2.75, 3.05) is 20.3 Å². The number of hydrogen-bond donors (Lipinski definition) is 1. The average molecular weight is 565 g/mol. The first-order chi connectivity index (χ1) is 18.6. The Balaban J connectivity index is 1.39. The highest BCUT2D eigenvalue weighted by molar-refractivity contribution is 7.89. The van der Waals surface area contributed by atoms with Crippen molar-refractivity contribution < 1.29 is 22.3 Å². The molecule has 0 radical (unpaired) electrons. The number of halogens is 1. The number of methoxy groups -OCH3 is 1. The maximum Gasteiger partial charge on any atom is 0.240 e. The van der Waals surface area contributed by atoms with Crippen LogP contribution in [0.15, 0.2) is 66.2 Å². The van der Waals surface area contributed by atoms with Gasteiger partial charge in [-0.2, -0.15) is 0 Å². The summed E-state index contributed by atoms with van der Waals surface area (Å²) in [5, 5.41) is 0.782. The van der Waals surface area contributed by atoms with Crippen LogP contribution in [0.3, 0.4) is 0 Å². The van der Waals surface area contributed by atoms with E-state index in [0.29, 0.717) is 22.7 Å². The molecule has 0 fully saturated rings. The summed E-state index contributed by atoms with van der Waals surface area (Å²) in [4.78, 5) is 14.0. The van der Waals surface area contributed by atoms with Crippen molar-refractivity contribution >= 4 is 48.2 Å². The van der Waals surface area contributed by atoms with Crippen LogP contribution < -0.4 is 14.2 Å². The van der Waals surface area contributed by atoms with Gasteiger partial charge in [-0.05, 0) is 73.5 Å². The number of benzene rings is 3. The molecule has 1 N–H and O–H groups in total. The molecule has 0 aliphatic carbocycles. The molecule has 0 saturated carbocycles. The smallest absolute Gasteiger partial charge is 0.240 e. The fraction of sp³-hybridized carbons (Fsp3) is 0.179. The summed E-state index contributed by atoms with van der Waals surface area (Å²) in [6, 6.07) is 12.4. The maximum atomic E-state index is 13.1. The average Bonchev–Trinajstić information content (AvgIpc) is 3.35. The monoisotopic (exact) mass is 564 g/mol. The Morgan fingerprint density at radius 2 is 1.87 bits per heavy atom. The molecule has 0 amide bonds. The van der Waals surface area contributed by atoms with Crippen LogP contribution in [0, 0.1) is 12.7 Å². The largest absolute Gasteiger partial charge is 0.492 e. The Labute approximate surface area is 229 Å². The predicted molar refractivity (Wildman–Crippen MR) is 151 cm³/mol. The van der Waals surface area contributed by atoms with Crippen LogP contribution in [0.2, 0.25) is 0 Å². The number of sulfonamides is 1. The molecule has 11 heteroatoms. The minimum Gasteiger partial charge on any atom is -0.492 e. The molecule has 0 saturated heterocycles. The molecule has 39 heavy (non-hydrogen) atoms. The summed E-state index contributed by atoms with van der Waals surface area (Å²) in [5.41, 5.74) is 5.84. The van der Waals surface area contributed by atoms with Crippen molar-refractivity contribution in [1.29, 1.82) is 0 Å². The van der Waals surface area contributed by atoms with E-state index in [9.17, 15) is 12.8 Å². The normalized spacial score (nSPS) is 11.7. The van der Waals surface area contributed by atoms with E-state index in [0.717, 1.165) is 49.6 Å². The van der Waals surface area contributed by atoms with Crippen LogP contribution in [0.1, 0.15) is 18.1 Å². The zero-order valence-electron chi connectivity index (χ0n) is 21.5. The molecule has 0 bridgehead atoms. The van der Waals surface area contributed by atoms with E-state index in [2.05, 4.69) is 21.3 Å². The van der Waals surface area contributed by atoms with Gasteiger partial charge in [0, 0.05) is 12.1 Å². The Bertz CT molecular complexity index is 1820. The highest BCUT2D eigenvalue weighted by atomic mass is 32.2. The van der Waals surface area contributed by atoms with Crippen LogP contribution >= 0.6 is 11.3 Å². The van der Waals surface area contributed by atoms with E-state index in [1.54, 1.807) is 13.3 Å². The first-order valence-electron chi connectivity index (χ1n) is 11.9. The van der Waals surface area contributed by atoms with E-state index >= 15 is 0 Å². The molecular formula is C28H25FN4O4S2. The van der Waals surface area contributed by atoms with Crippen molar-refractivity contribution in [2.24, 2.45) is 0 Å². The molecule has 0 atom stereocenters. The molecule has 5 aromatic rings. The third-order valence-electron chi connectivity index (χ3n) is 6.00. The van der Waals surface area contributed by atoms with Gasteiger partial charge in [0.1, 0.15) is 23.2 Å². The fourth-order valence-corrected chi connectivity index (χ4v) is 6.12. The number of nitrogens with one attached hydrogen (secondary N) is 1. The van der Waals surface area contributed by atoms with Gasteiger partial charge in [-0.3, -0.25) is 0 Å². The number of fused-ring (bicyclic) bond motifs is 2. The van der Waals surface area contributed by atoms with Gasteiger partial charge in [-0.25, -0.2) is 32.5 Å². The summed E-state index contributed by atoms with van der Waals surface area (Å²) in [6.07, 6.45) is 1.58. The van der Waals surface area contributed by atoms with Crippen LogP contribution in [-0.2, 0) is 10.0 Å². The molecule has 0 aliphatic heterocycles. The lowest BCUT2D eigenvalue weighted by atomic mass is 10.0. The Hall–Kier alpha value is -3.93. The van der Waals surface area contributed by atoms with Crippen molar-refractivity contribution in [3.05, 3.63) is 78.3 Å². The van der Waals surface area contributed by atoms with Gasteiger partial charge in [0.05, 0.1) is 39.5 Å². The minimum atomic E-state index is -3.76. The first-order valence-corrected chi connectivity index (χ1v) is 14.2. The van der Waals surface area contributed by atoms with Gasteiger partial charge >= 0.3 is 0 Å². The lowest BCUT2D eigenvalue weighted by Crippen LogP contribution is -2.28. The number of ether oxygens (including phenoxy) is 2. The van der Waals surface area contributed by atoms with Crippen molar-refractivity contribution in [2.45, 2.75) is 18.7 Å². The number of thiazole rings is 1. The molecule has 2 aromatic heterocycles. The number of allylic oxidation sites excluding steroid dienone is 1. The number of aromatic nitrogens is 3. The SMILES string of the molecule is C=C(C)c1cc(-c2nc3c(C)cc(OCCNS(=O)(=O)c4ccc(F)cc4)cc3s2)c2ncc(OC)nc2c1. The van der Waals surface area contributed by atoms with Crippen LogP contribution in [-0.4, -0.2) is 43.6 Å². The third kappa shape index (κ3) is 5.60. The van der Waals surface area contributed by atoms with Gasteiger partial charge in [-0.1, -0.05) is 12.2 Å². The zero-order valence-corrected chi connectivity index (χ0v) is 23.1. The summed E-state index contributed by atoms with van der Waals surface area (Å²) in [5.74, 6) is 0.523. The molecule has 3 aromatic carbocycles. The Morgan fingerprint density at radius 3 is 2.59 bits per heavy atom. The molecule has 0 unspecified atom stereocenters. The van der Waals surface area contributed by atoms with Crippen molar-refractivity contribution in [3.8, 4) is 22.2 Å². The summed E-state index contributed by atoms with van der Waals surface area (Å²) >= 11 is 1.50. The van der Waals surface area contributed by atoms with Crippen molar-refractivity contribution in [3.63, 3.8) is 0 Å². The lowest BCUT2D eigenvalue weighted by molar-refractivity contribution is 0.323. The fourth-order valence-electron chi connectivity index (χ4n) is 4.02. The van der Waals surface area contributed by atoms with Crippen LogP contribution in [0.25, 0.3) is 37.4 Å².